The average Bonchev–Trinajstić information content (AvgIpc) is 3.27. The van der Waals surface area contributed by atoms with Crippen LogP contribution in [0.25, 0.3) is 11.1 Å². The van der Waals surface area contributed by atoms with Gasteiger partial charge in [0.25, 0.3) is 5.91 Å². The molecular formula is C27H26ClN5O2. The number of carbonyl (C=O) groups is 2. The molecule has 2 heterocycles. The Hall–Kier alpha value is -3.97. The molecule has 1 atom stereocenters. The molecule has 0 fully saturated rings. The van der Waals surface area contributed by atoms with E-state index in [0.717, 1.165) is 27.9 Å². The number of benzene rings is 2. The molecule has 2 amide bonds. The van der Waals surface area contributed by atoms with Gasteiger partial charge in [-0.2, -0.15) is 5.10 Å². The van der Waals surface area contributed by atoms with Crippen molar-refractivity contribution in [2.45, 2.75) is 26.3 Å². The van der Waals surface area contributed by atoms with Crippen LogP contribution in [0.5, 0.6) is 0 Å². The third-order valence-corrected chi connectivity index (χ3v) is 6.22. The summed E-state index contributed by atoms with van der Waals surface area (Å²) in [5, 5.41) is 10.3. The molecule has 0 bridgehead atoms. The van der Waals surface area contributed by atoms with Crippen LogP contribution in [0.4, 0.5) is 5.69 Å². The summed E-state index contributed by atoms with van der Waals surface area (Å²) >= 11 is 6.33. The summed E-state index contributed by atoms with van der Waals surface area (Å²) in [6.07, 6.45) is 3.56. The Kier molecular flexibility index (Phi) is 7.27. The van der Waals surface area contributed by atoms with Gasteiger partial charge in [-0.25, -0.2) is 0 Å². The average molecular weight is 488 g/mol. The molecule has 0 radical (unpaired) electrons. The summed E-state index contributed by atoms with van der Waals surface area (Å²) in [4.78, 5) is 30.5. The lowest BCUT2D eigenvalue weighted by molar-refractivity contribution is -0.118. The predicted octanol–water partition coefficient (Wildman–Crippen LogP) is 4.73. The van der Waals surface area contributed by atoms with Crippen molar-refractivity contribution in [2.75, 3.05) is 5.32 Å². The van der Waals surface area contributed by atoms with Crippen LogP contribution in [0, 0.1) is 13.8 Å². The fourth-order valence-electron chi connectivity index (χ4n) is 4.00. The van der Waals surface area contributed by atoms with Crippen LogP contribution in [0.2, 0.25) is 5.02 Å². The van der Waals surface area contributed by atoms with Gasteiger partial charge in [0.05, 0.1) is 0 Å². The minimum absolute atomic E-state index is 0.237. The summed E-state index contributed by atoms with van der Waals surface area (Å²) in [6.45, 7) is 4.02. The van der Waals surface area contributed by atoms with E-state index in [4.69, 9.17) is 11.6 Å². The van der Waals surface area contributed by atoms with Crippen molar-refractivity contribution in [3.05, 3.63) is 101 Å². The zero-order valence-electron chi connectivity index (χ0n) is 19.7. The Morgan fingerprint density at radius 1 is 1.00 bits per heavy atom. The molecule has 0 saturated carbocycles. The number of anilines is 1. The Morgan fingerprint density at radius 3 is 2.40 bits per heavy atom. The maximum atomic E-state index is 13.3. The number of amides is 2. The van der Waals surface area contributed by atoms with Gasteiger partial charge < -0.3 is 10.6 Å². The molecule has 0 aliphatic heterocycles. The van der Waals surface area contributed by atoms with Gasteiger partial charge in [0.1, 0.15) is 11.7 Å². The van der Waals surface area contributed by atoms with Gasteiger partial charge >= 0.3 is 0 Å². The van der Waals surface area contributed by atoms with E-state index in [2.05, 4.69) is 20.7 Å². The number of rotatable bonds is 7. The number of nitrogens with zero attached hydrogens (tertiary/aromatic N) is 3. The Labute approximate surface area is 209 Å². The van der Waals surface area contributed by atoms with E-state index in [1.807, 2.05) is 62.4 Å². The fraction of sp³-hybridized carbons (Fsp3) is 0.185. The van der Waals surface area contributed by atoms with E-state index in [-0.39, 0.29) is 12.3 Å². The first-order valence-electron chi connectivity index (χ1n) is 11.2. The van der Waals surface area contributed by atoms with Crippen molar-refractivity contribution < 1.29 is 9.59 Å². The molecule has 35 heavy (non-hydrogen) atoms. The molecular weight excluding hydrogens is 462 g/mol. The van der Waals surface area contributed by atoms with Crippen molar-refractivity contribution in [3.8, 4) is 11.1 Å². The lowest BCUT2D eigenvalue weighted by Gasteiger charge is -2.19. The van der Waals surface area contributed by atoms with Crippen LogP contribution in [0.1, 0.15) is 27.3 Å². The molecule has 2 aromatic carbocycles. The summed E-state index contributed by atoms with van der Waals surface area (Å²) in [5.41, 5.74) is 5.91. The third kappa shape index (κ3) is 5.58. The minimum atomic E-state index is -0.847. The van der Waals surface area contributed by atoms with Gasteiger partial charge in [0.2, 0.25) is 5.91 Å². The first-order valence-corrected chi connectivity index (χ1v) is 11.6. The topological polar surface area (TPSA) is 88.9 Å². The molecule has 0 saturated heterocycles. The molecule has 2 N–H and O–H groups in total. The summed E-state index contributed by atoms with van der Waals surface area (Å²) in [5.74, 6) is -0.739. The third-order valence-electron chi connectivity index (χ3n) is 5.85. The minimum Gasteiger partial charge on any atom is -0.339 e. The number of nitrogens with one attached hydrogen (secondary N) is 2. The van der Waals surface area contributed by atoms with Crippen LogP contribution in [0.15, 0.2) is 73.1 Å². The lowest BCUT2D eigenvalue weighted by atomic mass is 9.99. The van der Waals surface area contributed by atoms with E-state index in [0.29, 0.717) is 16.4 Å². The van der Waals surface area contributed by atoms with Crippen LogP contribution in [-0.2, 0) is 18.3 Å². The smallest absolute Gasteiger partial charge is 0.270 e. The summed E-state index contributed by atoms with van der Waals surface area (Å²) in [6, 6.07) is 17.6. The van der Waals surface area contributed by atoms with E-state index in [9.17, 15) is 9.59 Å². The van der Waals surface area contributed by atoms with Gasteiger partial charge in [0.15, 0.2) is 0 Å². The number of pyridine rings is 1. The predicted molar refractivity (Wildman–Crippen MR) is 137 cm³/mol. The highest BCUT2D eigenvalue weighted by atomic mass is 35.5. The normalized spacial score (nSPS) is 11.7. The second kappa shape index (κ2) is 10.5. The van der Waals surface area contributed by atoms with E-state index < -0.39 is 11.9 Å². The molecule has 4 rings (SSSR count). The fourth-order valence-corrected chi connectivity index (χ4v) is 4.22. The highest BCUT2D eigenvalue weighted by molar-refractivity contribution is 6.31. The SMILES string of the molecule is Cc1ccnc(C)c1-c1ccc(NC(=O)[C@H](Cc2ccccc2Cl)NC(=O)c2ccnn2C)cc1. The van der Waals surface area contributed by atoms with Gasteiger partial charge in [0, 0.05) is 47.8 Å². The molecule has 0 aliphatic carbocycles. The Morgan fingerprint density at radius 2 is 1.74 bits per heavy atom. The molecule has 7 nitrogen and oxygen atoms in total. The molecule has 8 heteroatoms. The summed E-state index contributed by atoms with van der Waals surface area (Å²) < 4.78 is 1.46. The second-order valence-electron chi connectivity index (χ2n) is 8.32. The van der Waals surface area contributed by atoms with Crippen molar-refractivity contribution in [3.63, 3.8) is 0 Å². The van der Waals surface area contributed by atoms with Crippen LogP contribution in [0.3, 0.4) is 0 Å². The second-order valence-corrected chi connectivity index (χ2v) is 8.72. The molecule has 178 valence electrons. The molecule has 0 aliphatic rings. The summed E-state index contributed by atoms with van der Waals surface area (Å²) in [7, 11) is 1.67. The number of carbonyl (C=O) groups excluding carboxylic acids is 2. The maximum Gasteiger partial charge on any atom is 0.270 e. The highest BCUT2D eigenvalue weighted by Gasteiger charge is 2.24. The largest absolute Gasteiger partial charge is 0.339 e. The lowest BCUT2D eigenvalue weighted by Crippen LogP contribution is -2.45. The highest BCUT2D eigenvalue weighted by Crippen LogP contribution is 2.27. The number of aryl methyl sites for hydroxylation is 3. The van der Waals surface area contributed by atoms with Gasteiger partial charge in [-0.1, -0.05) is 41.9 Å². The standard InChI is InChI=1S/C27H26ClN5O2/c1-17-12-14-29-18(2)25(17)19-8-10-21(11-9-19)31-26(34)23(16-20-6-4-5-7-22(20)28)32-27(35)24-13-15-30-33(24)3/h4-15,23H,16H2,1-3H3,(H,31,34)(H,32,35)/t23-/m0/s1. The monoisotopic (exact) mass is 487 g/mol. The first kappa shape index (κ1) is 24.2. The maximum absolute atomic E-state index is 13.3. The molecule has 2 aromatic heterocycles. The zero-order chi connectivity index (χ0) is 24.9. The zero-order valence-corrected chi connectivity index (χ0v) is 20.5. The van der Waals surface area contributed by atoms with Gasteiger partial charge in [-0.05, 0) is 60.9 Å². The Balaban J connectivity index is 1.55. The van der Waals surface area contributed by atoms with Crippen molar-refractivity contribution in [1.82, 2.24) is 20.1 Å². The number of hydrogen-bond donors (Lipinski definition) is 2. The van der Waals surface area contributed by atoms with E-state index in [1.165, 1.54) is 10.9 Å². The molecule has 0 unspecified atom stereocenters. The van der Waals surface area contributed by atoms with Crippen LogP contribution < -0.4 is 10.6 Å². The molecule has 4 aromatic rings. The van der Waals surface area contributed by atoms with Crippen molar-refractivity contribution in [2.24, 2.45) is 7.05 Å². The molecule has 0 spiro atoms. The van der Waals surface area contributed by atoms with Gasteiger partial charge in [-0.3, -0.25) is 19.3 Å². The first-order chi connectivity index (χ1) is 16.8. The van der Waals surface area contributed by atoms with Crippen LogP contribution in [-0.4, -0.2) is 32.6 Å². The number of aromatic nitrogens is 3. The number of halogens is 1. The quantitative estimate of drug-likeness (QED) is 0.394. The van der Waals surface area contributed by atoms with Crippen molar-refractivity contribution in [1.29, 1.82) is 0 Å². The Bertz CT molecular complexity index is 1340. The van der Waals surface area contributed by atoms with E-state index >= 15 is 0 Å². The number of hydrogen-bond acceptors (Lipinski definition) is 4. The van der Waals surface area contributed by atoms with Crippen LogP contribution >= 0.6 is 11.6 Å². The van der Waals surface area contributed by atoms with E-state index in [1.54, 1.807) is 25.4 Å². The van der Waals surface area contributed by atoms with Crippen molar-refractivity contribution >= 4 is 29.1 Å². The van der Waals surface area contributed by atoms with Gasteiger partial charge in [-0.15, -0.1) is 0 Å².